The van der Waals surface area contributed by atoms with Gasteiger partial charge < -0.3 is 39.9 Å². The lowest BCUT2D eigenvalue weighted by Crippen LogP contribution is -2.15. The number of imidazole rings is 1. The summed E-state index contributed by atoms with van der Waals surface area (Å²) in [5, 5.41) is 20.0. The number of hydrogen-bond donors (Lipinski definition) is 3. The number of ether oxygens (including phenoxy) is 3. The molecule has 0 aliphatic rings. The van der Waals surface area contributed by atoms with Gasteiger partial charge in [0.25, 0.3) is 0 Å². The fourth-order valence-electron chi connectivity index (χ4n) is 7.59. The molecule has 324 valence electrons. The van der Waals surface area contributed by atoms with E-state index in [1.807, 2.05) is 59.7 Å². The van der Waals surface area contributed by atoms with Gasteiger partial charge in [-0.25, -0.2) is 15.0 Å². The van der Waals surface area contributed by atoms with Crippen molar-refractivity contribution in [1.82, 2.24) is 43.6 Å². The molecule has 0 saturated carbocycles. The SMILES string of the molecule is CCn1nc(C)cc1C(=O)Cc1nc2cc(C(N)=O)cc(OCCCO)c2n1C/C=C/Cn1c2nc(-c3cc(C)nn3CC)ncc2c2cc(C(N)=O)cc(OCCCOC)c21. The largest absolute Gasteiger partial charge is 0.491 e. The normalized spacial score (nSPS) is 11.8. The maximum Gasteiger partial charge on any atom is 0.248 e. The van der Waals surface area contributed by atoms with Crippen LogP contribution in [-0.4, -0.2) is 99.9 Å². The number of ketones is 1. The van der Waals surface area contributed by atoms with Crippen molar-refractivity contribution >= 4 is 50.6 Å². The van der Waals surface area contributed by atoms with Crippen LogP contribution in [0.25, 0.3) is 44.5 Å². The number of hydrogen-bond acceptors (Lipinski definition) is 12. The van der Waals surface area contributed by atoms with E-state index in [-0.39, 0.29) is 43.1 Å². The molecule has 0 atom stereocenters. The number of nitrogens with zero attached hydrogens (tertiary/aromatic N) is 9. The van der Waals surface area contributed by atoms with Gasteiger partial charge in [-0.2, -0.15) is 10.2 Å². The number of carbonyl (C=O) groups excluding carboxylic acids is 3. The van der Waals surface area contributed by atoms with Crippen LogP contribution in [0.15, 0.2) is 54.7 Å². The Labute approximate surface area is 357 Å². The maximum atomic E-state index is 13.9. The van der Waals surface area contributed by atoms with E-state index in [0.717, 1.165) is 17.1 Å². The van der Waals surface area contributed by atoms with E-state index < -0.39 is 11.8 Å². The van der Waals surface area contributed by atoms with Gasteiger partial charge in [-0.1, -0.05) is 12.2 Å². The molecule has 7 rings (SSSR count). The van der Waals surface area contributed by atoms with Gasteiger partial charge in [0.2, 0.25) is 11.8 Å². The molecule has 7 aromatic rings. The molecule has 5 N–H and O–H groups in total. The van der Waals surface area contributed by atoms with Gasteiger partial charge in [0.05, 0.1) is 42.1 Å². The zero-order valence-corrected chi connectivity index (χ0v) is 35.6. The van der Waals surface area contributed by atoms with Gasteiger partial charge in [0, 0.05) is 87.4 Å². The quantitative estimate of drug-likeness (QED) is 0.0507. The molecule has 0 radical (unpaired) electrons. The Balaban J connectivity index is 1.34. The monoisotopic (exact) mass is 845 g/mol. The van der Waals surface area contributed by atoms with Gasteiger partial charge in [-0.15, -0.1) is 0 Å². The summed E-state index contributed by atoms with van der Waals surface area (Å²) in [6.45, 7) is 10.2. The van der Waals surface area contributed by atoms with Gasteiger partial charge in [-0.05, 0) is 64.1 Å². The smallest absolute Gasteiger partial charge is 0.248 e. The van der Waals surface area contributed by atoms with Crippen LogP contribution in [0.1, 0.15) is 75.1 Å². The Morgan fingerprint density at radius 1 is 0.758 bits per heavy atom. The summed E-state index contributed by atoms with van der Waals surface area (Å²) in [6, 6.07) is 10.2. The van der Waals surface area contributed by atoms with Crippen LogP contribution in [0.4, 0.5) is 0 Å². The Hall–Kier alpha value is -6.92. The standard InChI is InChI=1S/C44H51N11O7/c1-6-54-33(18-26(3)50-54)35(57)24-38-48-32-21-29(42(46)59)23-37(61-16-10-14-56)40(32)52(38)12-8-9-13-53-39-30(20-28(41(45)58)22-36(39)62-17-11-15-60-5)31-25-47-43(49-44(31)53)34-19-27(4)51-55(34)7-2/h8-9,18-23,25,56H,6-7,10-17,24H2,1-5H3,(H2,45,58)(H2,46,59)/b9-8+. The van der Waals surface area contributed by atoms with E-state index in [1.54, 1.807) is 48.3 Å². The van der Waals surface area contributed by atoms with Crippen molar-refractivity contribution in [1.29, 1.82) is 0 Å². The third-order valence-electron chi connectivity index (χ3n) is 10.4. The summed E-state index contributed by atoms with van der Waals surface area (Å²) in [5.41, 5.74) is 17.1. The van der Waals surface area contributed by atoms with Crippen molar-refractivity contribution in [2.24, 2.45) is 11.5 Å². The molecule has 2 aromatic carbocycles. The van der Waals surface area contributed by atoms with Crippen LogP contribution in [0.3, 0.4) is 0 Å². The summed E-state index contributed by atoms with van der Waals surface area (Å²) < 4.78 is 25.1. The number of aliphatic hydroxyl groups excluding tert-OH is 1. The third-order valence-corrected chi connectivity index (χ3v) is 10.4. The van der Waals surface area contributed by atoms with Crippen molar-refractivity contribution in [3.05, 3.63) is 88.8 Å². The highest BCUT2D eigenvalue weighted by Gasteiger charge is 2.24. The van der Waals surface area contributed by atoms with Gasteiger partial charge >= 0.3 is 0 Å². The third kappa shape index (κ3) is 8.78. The minimum absolute atomic E-state index is 0.0675. The first kappa shape index (κ1) is 43.2. The Bertz CT molecular complexity index is 2830. The highest BCUT2D eigenvalue weighted by molar-refractivity contribution is 6.11. The molecule has 2 amide bonds. The summed E-state index contributed by atoms with van der Waals surface area (Å²) in [5.74, 6) is 0.264. The number of methoxy groups -OCH3 is 1. The second-order valence-corrected chi connectivity index (χ2v) is 14.8. The number of carbonyl (C=O) groups is 3. The molecule has 18 heteroatoms. The number of amides is 2. The molecular formula is C44H51N11O7. The van der Waals surface area contributed by atoms with E-state index in [0.29, 0.717) is 108 Å². The Kier molecular flexibility index (Phi) is 13.1. The van der Waals surface area contributed by atoms with Crippen molar-refractivity contribution < 1.29 is 33.7 Å². The number of rotatable bonds is 21. The molecule has 5 heterocycles. The second kappa shape index (κ2) is 18.8. The second-order valence-electron chi connectivity index (χ2n) is 14.8. The topological polar surface area (TPSA) is 235 Å². The maximum absolute atomic E-state index is 13.9. The fourth-order valence-corrected chi connectivity index (χ4v) is 7.59. The average molecular weight is 846 g/mol. The Morgan fingerprint density at radius 2 is 1.40 bits per heavy atom. The summed E-state index contributed by atoms with van der Waals surface area (Å²) >= 11 is 0. The van der Waals surface area contributed by atoms with Crippen molar-refractivity contribution in [2.45, 2.75) is 73.1 Å². The molecule has 0 bridgehead atoms. The lowest BCUT2D eigenvalue weighted by molar-refractivity contribution is 0.0975. The summed E-state index contributed by atoms with van der Waals surface area (Å²) in [7, 11) is 1.62. The number of aromatic nitrogens is 9. The number of fused-ring (bicyclic) bond motifs is 4. The van der Waals surface area contributed by atoms with E-state index in [2.05, 4.69) is 10.2 Å². The minimum Gasteiger partial charge on any atom is -0.491 e. The predicted molar refractivity (Wildman–Crippen MR) is 232 cm³/mol. The van der Waals surface area contributed by atoms with Crippen LogP contribution >= 0.6 is 0 Å². The van der Waals surface area contributed by atoms with E-state index in [9.17, 15) is 19.5 Å². The number of benzene rings is 2. The fraction of sp³-hybridized carbons (Fsp3) is 0.364. The number of allylic oxidation sites excluding steroid dienone is 2. The molecule has 0 saturated heterocycles. The van der Waals surface area contributed by atoms with Crippen LogP contribution in [0.2, 0.25) is 0 Å². The molecule has 0 aliphatic carbocycles. The Morgan fingerprint density at radius 3 is 2.08 bits per heavy atom. The van der Waals surface area contributed by atoms with Gasteiger partial charge in [0.15, 0.2) is 11.6 Å². The highest BCUT2D eigenvalue weighted by atomic mass is 16.5. The van der Waals surface area contributed by atoms with Gasteiger partial charge in [0.1, 0.15) is 39.9 Å². The zero-order valence-electron chi connectivity index (χ0n) is 35.6. The summed E-state index contributed by atoms with van der Waals surface area (Å²) in [4.78, 5) is 53.6. The van der Waals surface area contributed by atoms with Crippen LogP contribution < -0.4 is 20.9 Å². The average Bonchev–Trinajstić information content (AvgIpc) is 4.01. The molecular weight excluding hydrogens is 795 g/mol. The first-order chi connectivity index (χ1) is 30.0. The van der Waals surface area contributed by atoms with E-state index >= 15 is 0 Å². The first-order valence-corrected chi connectivity index (χ1v) is 20.5. The number of Topliss-reactive ketones (excluding diaryl/α,β-unsaturated/α-hetero) is 1. The lowest BCUT2D eigenvalue weighted by atomic mass is 10.1. The van der Waals surface area contributed by atoms with E-state index in [1.165, 1.54) is 0 Å². The summed E-state index contributed by atoms with van der Waals surface area (Å²) in [6.07, 6.45) is 6.55. The minimum atomic E-state index is -0.661. The number of nitrogens with two attached hydrogens (primary N) is 2. The van der Waals surface area contributed by atoms with E-state index in [4.69, 9.17) is 40.6 Å². The van der Waals surface area contributed by atoms with Crippen molar-refractivity contribution in [3.8, 4) is 23.0 Å². The molecule has 0 spiro atoms. The van der Waals surface area contributed by atoms with Gasteiger partial charge in [-0.3, -0.25) is 23.7 Å². The van der Waals surface area contributed by atoms with Crippen molar-refractivity contribution in [2.75, 3.05) is 33.5 Å². The lowest BCUT2D eigenvalue weighted by Gasteiger charge is -2.13. The van der Waals surface area contributed by atoms with Crippen LogP contribution in [-0.2, 0) is 37.3 Å². The molecule has 62 heavy (non-hydrogen) atoms. The van der Waals surface area contributed by atoms with Crippen LogP contribution in [0, 0.1) is 13.8 Å². The van der Waals surface area contributed by atoms with Crippen molar-refractivity contribution in [3.63, 3.8) is 0 Å². The molecule has 5 aromatic heterocycles. The first-order valence-electron chi connectivity index (χ1n) is 20.5. The molecule has 0 fully saturated rings. The number of primary amides is 2. The molecule has 0 aliphatic heterocycles. The highest BCUT2D eigenvalue weighted by Crippen LogP contribution is 2.37. The molecule has 0 unspecified atom stereocenters. The number of aliphatic hydroxyl groups is 1. The predicted octanol–water partition coefficient (Wildman–Crippen LogP) is 4.71. The zero-order chi connectivity index (χ0) is 44.1. The number of aryl methyl sites for hydroxylation is 4. The van der Waals surface area contributed by atoms with Crippen LogP contribution in [0.5, 0.6) is 11.5 Å². The molecule has 18 nitrogen and oxygen atoms in total.